The molecule has 0 heterocycles. The lowest BCUT2D eigenvalue weighted by Gasteiger charge is -2.28. The third-order valence-electron chi connectivity index (χ3n) is 14.2. The lowest BCUT2D eigenvalue weighted by atomic mass is 10.0. The quantitative estimate of drug-likeness (QED) is 0.0195. The van der Waals surface area contributed by atoms with Crippen molar-refractivity contribution < 1.29 is 42.1 Å². The summed E-state index contributed by atoms with van der Waals surface area (Å²) in [6, 6.07) is 0. The van der Waals surface area contributed by atoms with Gasteiger partial charge in [-0.2, -0.15) is 0 Å². The maximum absolute atomic E-state index is 12.8. The van der Waals surface area contributed by atoms with Crippen molar-refractivity contribution in [2.75, 3.05) is 47.5 Å². The van der Waals surface area contributed by atoms with Crippen LogP contribution in [0.3, 0.4) is 0 Å². The first kappa shape index (κ1) is 75.5. The molecule has 0 saturated carbocycles. The van der Waals surface area contributed by atoms with E-state index in [1.54, 1.807) is 0 Å². The Morgan fingerprint density at radius 3 is 1.09 bits per heavy atom. The minimum absolute atomic E-state index is 0.0339. The Hall–Kier alpha value is -2.55. The van der Waals surface area contributed by atoms with Gasteiger partial charge in [-0.3, -0.25) is 14.2 Å². The van der Waals surface area contributed by atoms with Gasteiger partial charge in [0, 0.05) is 12.8 Å². The molecule has 454 valence electrons. The molecule has 0 spiro atoms. The van der Waals surface area contributed by atoms with Crippen molar-refractivity contribution >= 4 is 19.8 Å². The number of rotatable bonds is 60. The molecule has 0 radical (unpaired) electrons. The predicted octanol–water partition coefficient (Wildman–Crippen LogP) is 20.2. The lowest BCUT2D eigenvalue weighted by molar-refractivity contribution is -0.870. The number of likely N-dealkylation sites (N-methyl/N-ethyl adjacent to an activating group) is 1. The summed E-state index contributed by atoms with van der Waals surface area (Å²) in [6.07, 6.45) is 78.3. The van der Waals surface area contributed by atoms with Crippen LogP contribution in [0.15, 0.2) is 72.9 Å². The van der Waals surface area contributed by atoms with Crippen LogP contribution in [0.25, 0.3) is 0 Å². The number of hydrogen-bond acceptors (Lipinski definition) is 8. The van der Waals surface area contributed by atoms with E-state index in [2.05, 4.69) is 86.8 Å². The summed E-state index contributed by atoms with van der Waals surface area (Å²) in [7, 11) is 1.16. The van der Waals surface area contributed by atoms with Gasteiger partial charge in [-0.25, -0.2) is 0 Å². The summed E-state index contributed by atoms with van der Waals surface area (Å²) in [5, 5.41) is 0. The van der Waals surface area contributed by atoms with E-state index in [1.807, 2.05) is 21.1 Å². The molecular weight excluding hydrogens is 990 g/mol. The molecule has 0 aliphatic rings. The molecule has 0 bridgehead atoms. The first-order valence-electron chi connectivity index (χ1n) is 32.6. The maximum atomic E-state index is 12.8. The average molecular weight is 1110 g/mol. The number of allylic oxidation sites excluding steroid dienone is 12. The van der Waals surface area contributed by atoms with Crippen molar-refractivity contribution in [1.29, 1.82) is 0 Å². The van der Waals surface area contributed by atoms with Crippen LogP contribution in [0.5, 0.6) is 0 Å². The van der Waals surface area contributed by atoms with E-state index >= 15 is 0 Å². The van der Waals surface area contributed by atoms with E-state index in [0.717, 1.165) is 77.0 Å². The summed E-state index contributed by atoms with van der Waals surface area (Å²) in [5.74, 6) is -0.834. The highest BCUT2D eigenvalue weighted by Crippen LogP contribution is 2.38. The number of phosphoric ester groups is 1. The molecule has 78 heavy (non-hydrogen) atoms. The molecule has 0 saturated heterocycles. The highest BCUT2D eigenvalue weighted by molar-refractivity contribution is 7.45. The molecule has 10 heteroatoms. The van der Waals surface area contributed by atoms with Gasteiger partial charge in [-0.15, -0.1) is 0 Å². The van der Waals surface area contributed by atoms with E-state index in [9.17, 15) is 19.0 Å². The van der Waals surface area contributed by atoms with Crippen molar-refractivity contribution in [2.45, 2.75) is 302 Å². The zero-order valence-electron chi connectivity index (χ0n) is 51.6. The topological polar surface area (TPSA) is 111 Å². The molecule has 2 unspecified atom stereocenters. The maximum Gasteiger partial charge on any atom is 0.306 e. The highest BCUT2D eigenvalue weighted by atomic mass is 31.2. The molecule has 0 amide bonds. The molecule has 0 aromatic rings. The van der Waals surface area contributed by atoms with Gasteiger partial charge in [0.1, 0.15) is 19.8 Å². The van der Waals surface area contributed by atoms with E-state index in [-0.39, 0.29) is 32.0 Å². The van der Waals surface area contributed by atoms with Crippen LogP contribution < -0.4 is 4.89 Å². The van der Waals surface area contributed by atoms with Crippen LogP contribution in [0, 0.1) is 0 Å². The molecule has 9 nitrogen and oxygen atoms in total. The average Bonchev–Trinajstić information content (AvgIpc) is 3.41. The Labute approximate surface area is 482 Å². The predicted molar refractivity (Wildman–Crippen MR) is 333 cm³/mol. The van der Waals surface area contributed by atoms with Crippen molar-refractivity contribution in [3.8, 4) is 0 Å². The molecule has 0 aromatic heterocycles. The largest absolute Gasteiger partial charge is 0.756 e. The number of phosphoric acid groups is 1. The molecule has 0 fully saturated rings. The van der Waals surface area contributed by atoms with Gasteiger partial charge >= 0.3 is 11.9 Å². The summed E-state index contributed by atoms with van der Waals surface area (Å²) in [6.45, 7) is 4.14. The van der Waals surface area contributed by atoms with E-state index in [1.165, 1.54) is 186 Å². The van der Waals surface area contributed by atoms with Crippen molar-refractivity contribution in [2.24, 2.45) is 0 Å². The Kier molecular flexibility index (Phi) is 57.2. The fourth-order valence-electron chi connectivity index (χ4n) is 9.21. The zero-order chi connectivity index (χ0) is 57.0. The van der Waals surface area contributed by atoms with Gasteiger partial charge in [0.05, 0.1) is 27.7 Å². The molecule has 2 atom stereocenters. The van der Waals surface area contributed by atoms with Crippen LogP contribution in [-0.2, 0) is 32.7 Å². The number of ether oxygens (including phenoxy) is 2. The molecule has 0 aromatic carbocycles. The van der Waals surface area contributed by atoms with Gasteiger partial charge in [-0.1, -0.05) is 273 Å². The highest BCUT2D eigenvalue weighted by Gasteiger charge is 2.22. The van der Waals surface area contributed by atoms with Gasteiger partial charge in [0.15, 0.2) is 6.10 Å². The van der Waals surface area contributed by atoms with Crippen molar-refractivity contribution in [3.05, 3.63) is 72.9 Å². The van der Waals surface area contributed by atoms with Gasteiger partial charge < -0.3 is 27.9 Å². The number of hydrogen-bond donors (Lipinski definition) is 0. The standard InChI is InChI=1S/C68H124NO8P/c1-6-8-10-12-14-16-18-20-22-24-26-28-29-30-31-32-33-34-35-36-37-38-39-41-42-44-46-48-50-52-54-56-58-60-67(70)74-64-66(65-76-78(72,73)75-63-62-69(3,4)5)77-68(71)61-59-57-55-53-51-49-47-45-43-40-27-25-23-21-19-17-15-13-11-9-7-2/h9,11,15,17-18,20-21,23-24,26-27,40,66H,6-8,10,12-14,16,19,22,25,28-39,41-65H2,1-5H3/b11-9-,17-15-,20-18-,23-21-,26-24-,40-27-. The second-order valence-corrected chi connectivity index (χ2v) is 24.5. The summed E-state index contributed by atoms with van der Waals surface area (Å²) in [4.78, 5) is 38.0. The van der Waals surface area contributed by atoms with E-state index in [0.29, 0.717) is 17.4 Å². The smallest absolute Gasteiger partial charge is 0.306 e. The number of carbonyl (C=O) groups excluding carboxylic acids is 2. The van der Waals surface area contributed by atoms with Gasteiger partial charge in [-0.05, 0) is 83.5 Å². The molecule has 0 rings (SSSR count). The van der Waals surface area contributed by atoms with Gasteiger partial charge in [0.2, 0.25) is 0 Å². The molecule has 0 N–H and O–H groups in total. The number of esters is 2. The molecule has 0 aliphatic heterocycles. The fourth-order valence-corrected chi connectivity index (χ4v) is 9.94. The zero-order valence-corrected chi connectivity index (χ0v) is 52.5. The third-order valence-corrected chi connectivity index (χ3v) is 15.2. The van der Waals surface area contributed by atoms with Crippen molar-refractivity contribution in [1.82, 2.24) is 0 Å². The second kappa shape index (κ2) is 59.1. The SMILES string of the molecule is CC/C=C\C/C=C\C/C=C\C/C=C\CCCCCCCCCCC(=O)OC(COC(=O)CCCCCCCCCCCCCCCCCCCCCCC/C=C\C/C=C\CCCCCCC)COP(=O)([O-])OCC[N+](C)(C)C. The Bertz CT molecular complexity index is 1550. The van der Waals surface area contributed by atoms with Crippen molar-refractivity contribution in [3.63, 3.8) is 0 Å². The van der Waals surface area contributed by atoms with Crippen LogP contribution in [0.1, 0.15) is 296 Å². The second-order valence-electron chi connectivity index (χ2n) is 23.1. The summed E-state index contributed by atoms with van der Waals surface area (Å²) >= 11 is 0. The Balaban J connectivity index is 4.02. The molecule has 0 aliphatic carbocycles. The number of nitrogens with zero attached hydrogens (tertiary/aromatic N) is 1. The monoisotopic (exact) mass is 1110 g/mol. The normalized spacial score (nSPS) is 13.7. The van der Waals surface area contributed by atoms with Crippen LogP contribution in [0.4, 0.5) is 0 Å². The van der Waals surface area contributed by atoms with E-state index < -0.39 is 26.5 Å². The van der Waals surface area contributed by atoms with Crippen LogP contribution in [0.2, 0.25) is 0 Å². The Morgan fingerprint density at radius 1 is 0.410 bits per heavy atom. The van der Waals surface area contributed by atoms with E-state index in [4.69, 9.17) is 18.5 Å². The minimum atomic E-state index is -4.64. The minimum Gasteiger partial charge on any atom is -0.756 e. The summed E-state index contributed by atoms with van der Waals surface area (Å²) in [5.41, 5.74) is 0. The van der Waals surface area contributed by atoms with Gasteiger partial charge in [0.25, 0.3) is 7.82 Å². The van der Waals surface area contributed by atoms with Crippen LogP contribution in [-0.4, -0.2) is 70.0 Å². The molecular formula is C68H124NO8P. The first-order chi connectivity index (χ1) is 38.0. The number of carbonyl (C=O) groups is 2. The Morgan fingerprint density at radius 2 is 0.731 bits per heavy atom. The third kappa shape index (κ3) is 62.6. The number of unbranched alkanes of at least 4 members (excludes halogenated alkanes) is 34. The number of quaternary nitrogens is 1. The van der Waals surface area contributed by atoms with Crippen LogP contribution >= 0.6 is 7.82 Å². The first-order valence-corrected chi connectivity index (χ1v) is 34.1. The fraction of sp³-hybridized carbons (Fsp3) is 0.794. The lowest BCUT2D eigenvalue weighted by Crippen LogP contribution is -2.37. The summed E-state index contributed by atoms with van der Waals surface area (Å²) < 4.78 is 34.2.